The first kappa shape index (κ1) is 23.3. The van der Waals surface area contributed by atoms with Crippen molar-refractivity contribution >= 4 is 28.8 Å². The molecular formula is C29H29ClN2O3. The Morgan fingerprint density at radius 3 is 2.51 bits per heavy atom. The van der Waals surface area contributed by atoms with Gasteiger partial charge in [-0.2, -0.15) is 0 Å². The molecule has 0 bridgehead atoms. The third-order valence-electron chi connectivity index (χ3n) is 6.64. The molecule has 5 rings (SSSR count). The molecule has 0 amide bonds. The second-order valence-electron chi connectivity index (χ2n) is 8.95. The largest absolute Gasteiger partial charge is 0.493 e. The van der Waals surface area contributed by atoms with Crippen molar-refractivity contribution in [2.45, 2.75) is 38.1 Å². The smallest absolute Gasteiger partial charge is 0.163 e. The number of ketones is 1. The van der Waals surface area contributed by atoms with Gasteiger partial charge in [-0.05, 0) is 60.2 Å². The molecule has 0 aromatic heterocycles. The van der Waals surface area contributed by atoms with Crippen molar-refractivity contribution in [2.24, 2.45) is 0 Å². The van der Waals surface area contributed by atoms with E-state index in [1.54, 1.807) is 7.11 Å². The molecule has 35 heavy (non-hydrogen) atoms. The van der Waals surface area contributed by atoms with Gasteiger partial charge < -0.3 is 20.1 Å². The summed E-state index contributed by atoms with van der Waals surface area (Å²) < 4.78 is 11.5. The molecule has 2 N–H and O–H groups in total. The van der Waals surface area contributed by atoms with Crippen LogP contribution in [0.15, 0.2) is 78.0 Å². The fourth-order valence-electron chi connectivity index (χ4n) is 4.96. The number of carbonyl (C=O) groups is 1. The molecule has 2 aliphatic rings. The lowest BCUT2D eigenvalue weighted by molar-refractivity contribution is -0.116. The van der Waals surface area contributed by atoms with Gasteiger partial charge in [0, 0.05) is 22.7 Å². The number of rotatable bonds is 6. The van der Waals surface area contributed by atoms with E-state index in [2.05, 4.69) is 17.6 Å². The van der Waals surface area contributed by atoms with Crippen molar-refractivity contribution in [3.63, 3.8) is 0 Å². The molecule has 0 spiro atoms. The summed E-state index contributed by atoms with van der Waals surface area (Å²) in [5.74, 6) is 1.49. The van der Waals surface area contributed by atoms with Crippen molar-refractivity contribution in [1.29, 1.82) is 0 Å². The molecule has 1 heterocycles. The Kier molecular flexibility index (Phi) is 6.69. The molecule has 3 aromatic carbocycles. The predicted molar refractivity (Wildman–Crippen MR) is 141 cm³/mol. The number of allylic oxidation sites excluding steroid dienone is 1. The summed E-state index contributed by atoms with van der Waals surface area (Å²) in [4.78, 5) is 13.7. The van der Waals surface area contributed by atoms with Crippen LogP contribution < -0.4 is 20.1 Å². The molecule has 0 saturated heterocycles. The van der Waals surface area contributed by atoms with Crippen molar-refractivity contribution in [3.8, 4) is 11.5 Å². The molecule has 1 aliphatic heterocycles. The number of carbonyl (C=O) groups excluding carboxylic acids is 1. The zero-order valence-electron chi connectivity index (χ0n) is 19.9. The minimum absolute atomic E-state index is 0.0210. The monoisotopic (exact) mass is 488 g/mol. The van der Waals surface area contributed by atoms with E-state index < -0.39 is 0 Å². The highest BCUT2D eigenvalue weighted by Crippen LogP contribution is 2.46. The van der Waals surface area contributed by atoms with E-state index in [0.717, 1.165) is 40.2 Å². The van der Waals surface area contributed by atoms with Gasteiger partial charge in [0.1, 0.15) is 0 Å². The Hall–Kier alpha value is -3.44. The molecule has 2 unspecified atom stereocenters. The zero-order valence-corrected chi connectivity index (χ0v) is 20.7. The van der Waals surface area contributed by atoms with Crippen LogP contribution in [0.5, 0.6) is 11.5 Å². The predicted octanol–water partition coefficient (Wildman–Crippen LogP) is 7.12. The fourth-order valence-corrected chi connectivity index (χ4v) is 5.25. The summed E-state index contributed by atoms with van der Waals surface area (Å²) in [6, 6.07) is 21.4. The van der Waals surface area contributed by atoms with Crippen LogP contribution in [0.1, 0.15) is 49.3 Å². The minimum atomic E-state index is -0.324. The highest BCUT2D eigenvalue weighted by molar-refractivity contribution is 6.31. The first-order chi connectivity index (χ1) is 17.1. The molecule has 3 aromatic rings. The average molecular weight is 489 g/mol. The van der Waals surface area contributed by atoms with Gasteiger partial charge in [-0.15, -0.1) is 0 Å². The van der Waals surface area contributed by atoms with Gasteiger partial charge in [-0.3, -0.25) is 4.79 Å². The lowest BCUT2D eigenvalue weighted by Gasteiger charge is -2.30. The first-order valence-electron chi connectivity index (χ1n) is 12.0. The number of hydrogen-bond donors (Lipinski definition) is 2. The Bertz CT molecular complexity index is 1290. The average Bonchev–Trinajstić information content (AvgIpc) is 3.04. The van der Waals surface area contributed by atoms with Crippen LogP contribution in [-0.4, -0.2) is 19.5 Å². The Morgan fingerprint density at radius 2 is 1.74 bits per heavy atom. The molecule has 1 aliphatic carbocycles. The van der Waals surface area contributed by atoms with Crippen LogP contribution >= 0.6 is 11.6 Å². The van der Waals surface area contributed by atoms with Gasteiger partial charge in [0.2, 0.25) is 0 Å². The van der Waals surface area contributed by atoms with Crippen LogP contribution in [0.4, 0.5) is 11.4 Å². The van der Waals surface area contributed by atoms with E-state index >= 15 is 0 Å². The Balaban J connectivity index is 1.59. The maximum absolute atomic E-state index is 13.7. The third kappa shape index (κ3) is 4.61. The fraction of sp³-hybridized carbons (Fsp3) is 0.276. The normalized spacial score (nSPS) is 19.1. The molecule has 180 valence electrons. The van der Waals surface area contributed by atoms with E-state index in [9.17, 15) is 4.79 Å². The number of ether oxygens (including phenoxy) is 2. The number of Topliss-reactive ketones (excluding diaryl/α,β-unsaturated/α-hetero) is 1. The lowest BCUT2D eigenvalue weighted by atomic mass is 9.78. The van der Waals surface area contributed by atoms with Gasteiger partial charge in [-0.1, -0.05) is 54.9 Å². The summed E-state index contributed by atoms with van der Waals surface area (Å²) in [7, 11) is 1.64. The maximum Gasteiger partial charge on any atom is 0.163 e. The van der Waals surface area contributed by atoms with Gasteiger partial charge in [0.15, 0.2) is 17.3 Å². The molecule has 6 heteroatoms. The standard InChI is InChI=1S/C29H29ClN2O3/c1-3-14-35-26-13-12-18(17-27(26)34-2)29-28-24(31-22-10-6-7-11-23(22)32-29)15-19(16-25(28)33)20-8-4-5-9-21(20)30/h4-13,17,19,29,31-32H,3,14-16H2,1-2H3. The molecule has 0 saturated carbocycles. The van der Waals surface area contributed by atoms with Crippen LogP contribution in [0.2, 0.25) is 5.02 Å². The van der Waals surface area contributed by atoms with Crippen molar-refractivity contribution in [2.75, 3.05) is 24.4 Å². The molecule has 5 nitrogen and oxygen atoms in total. The number of benzene rings is 3. The third-order valence-corrected chi connectivity index (χ3v) is 6.98. The van der Waals surface area contributed by atoms with E-state index in [-0.39, 0.29) is 17.7 Å². The van der Waals surface area contributed by atoms with E-state index in [1.165, 1.54) is 0 Å². The molecular weight excluding hydrogens is 460 g/mol. The topological polar surface area (TPSA) is 59.6 Å². The summed E-state index contributed by atoms with van der Waals surface area (Å²) >= 11 is 6.52. The number of halogens is 1. The SMILES string of the molecule is CCCOc1ccc(C2Nc3ccccc3NC3=C2C(=O)CC(c2ccccc2Cl)C3)cc1OC. The second-order valence-corrected chi connectivity index (χ2v) is 9.36. The number of para-hydroxylation sites is 2. The highest BCUT2D eigenvalue weighted by atomic mass is 35.5. The van der Waals surface area contributed by atoms with Crippen molar-refractivity contribution < 1.29 is 14.3 Å². The molecule has 0 fully saturated rings. The van der Waals surface area contributed by atoms with E-state index in [0.29, 0.717) is 36.0 Å². The Labute approximate surface area is 211 Å². The number of fused-ring (bicyclic) bond motifs is 1. The molecule has 0 radical (unpaired) electrons. The van der Waals surface area contributed by atoms with Crippen LogP contribution in [0, 0.1) is 0 Å². The van der Waals surface area contributed by atoms with Gasteiger partial charge in [0.05, 0.1) is 31.1 Å². The number of hydrogen-bond acceptors (Lipinski definition) is 5. The highest BCUT2D eigenvalue weighted by Gasteiger charge is 2.36. The van der Waals surface area contributed by atoms with Crippen LogP contribution in [0.3, 0.4) is 0 Å². The van der Waals surface area contributed by atoms with E-state index in [1.807, 2.05) is 66.7 Å². The zero-order chi connectivity index (χ0) is 24.4. The van der Waals surface area contributed by atoms with Gasteiger partial charge in [-0.25, -0.2) is 0 Å². The summed E-state index contributed by atoms with van der Waals surface area (Å²) in [5, 5.41) is 7.90. The van der Waals surface area contributed by atoms with Crippen LogP contribution in [-0.2, 0) is 4.79 Å². The lowest BCUT2D eigenvalue weighted by Crippen LogP contribution is -2.27. The maximum atomic E-state index is 13.7. The number of nitrogens with one attached hydrogen (secondary N) is 2. The van der Waals surface area contributed by atoms with Crippen molar-refractivity contribution in [1.82, 2.24) is 0 Å². The number of methoxy groups -OCH3 is 1. The first-order valence-corrected chi connectivity index (χ1v) is 12.4. The minimum Gasteiger partial charge on any atom is -0.493 e. The van der Waals surface area contributed by atoms with Gasteiger partial charge in [0.25, 0.3) is 0 Å². The summed E-state index contributed by atoms with van der Waals surface area (Å²) in [6.07, 6.45) is 2.02. The van der Waals surface area contributed by atoms with Crippen molar-refractivity contribution in [3.05, 3.63) is 94.1 Å². The second kappa shape index (κ2) is 10.0. The quantitative estimate of drug-likeness (QED) is 0.387. The van der Waals surface area contributed by atoms with E-state index in [4.69, 9.17) is 21.1 Å². The van der Waals surface area contributed by atoms with Crippen LogP contribution in [0.25, 0.3) is 0 Å². The molecule has 2 atom stereocenters. The van der Waals surface area contributed by atoms with Gasteiger partial charge >= 0.3 is 0 Å². The summed E-state index contributed by atoms with van der Waals surface area (Å²) in [5.41, 5.74) is 5.54. The Morgan fingerprint density at radius 1 is 0.971 bits per heavy atom. The number of anilines is 2. The summed E-state index contributed by atoms with van der Waals surface area (Å²) in [6.45, 7) is 2.69.